The van der Waals surface area contributed by atoms with Gasteiger partial charge >= 0.3 is 59.1 Å². The Bertz CT molecular complexity index is 1050. The minimum atomic E-state index is -4.85. The van der Waals surface area contributed by atoms with E-state index in [4.69, 9.17) is 4.55 Å². The summed E-state index contributed by atoms with van der Waals surface area (Å²) >= 11 is 0. The topological polar surface area (TPSA) is 147 Å². The van der Waals surface area contributed by atoms with Gasteiger partial charge in [0.2, 0.25) is 0 Å². The second kappa shape index (κ2) is 10.7. The SMILES string of the molecule is CCCCCc1cc(=O)n(-c2ccc(S(=O)(=O)O)cc2S(=O)(=O)O)[nH]1.[H-].[H-].[Na+].[Na+]. The van der Waals surface area contributed by atoms with Crippen LogP contribution in [0.4, 0.5) is 0 Å². The molecule has 0 unspecified atom stereocenters. The van der Waals surface area contributed by atoms with Crippen molar-refractivity contribution in [2.24, 2.45) is 0 Å². The van der Waals surface area contributed by atoms with E-state index in [0.717, 1.165) is 36.1 Å². The molecule has 142 valence electrons. The van der Waals surface area contributed by atoms with Gasteiger partial charge in [-0.05, 0) is 31.0 Å². The van der Waals surface area contributed by atoms with E-state index in [-0.39, 0.29) is 67.7 Å². The van der Waals surface area contributed by atoms with Gasteiger partial charge in [-0.3, -0.25) is 19.0 Å². The molecule has 0 saturated heterocycles. The molecular weight excluding hydrogens is 418 g/mol. The molecule has 0 atom stereocenters. The molecule has 1 heterocycles. The largest absolute Gasteiger partial charge is 1.00 e. The average Bonchev–Trinajstić information content (AvgIpc) is 2.86. The number of aromatic amines is 1. The number of aryl methyl sites for hydroxylation is 1. The molecule has 9 nitrogen and oxygen atoms in total. The number of hydrogen-bond donors (Lipinski definition) is 3. The smallest absolute Gasteiger partial charge is 1.00 e. The first-order valence-corrected chi connectivity index (χ1v) is 10.3. The van der Waals surface area contributed by atoms with Gasteiger partial charge in [0.1, 0.15) is 4.90 Å². The van der Waals surface area contributed by atoms with Gasteiger partial charge in [-0.15, -0.1) is 0 Å². The van der Waals surface area contributed by atoms with Crippen LogP contribution in [0.2, 0.25) is 0 Å². The van der Waals surface area contributed by atoms with E-state index in [1.165, 1.54) is 6.07 Å². The van der Waals surface area contributed by atoms with Crippen LogP contribution in [0.1, 0.15) is 34.7 Å². The standard InChI is InChI=1S/C14H18N2O7S2.2Na.2H/c1-2-3-4-5-10-8-14(17)16(15-10)12-7-6-11(24(18,19)20)9-13(12)25(21,22)23;;;;/h6-9,15H,2-5H2,1H3,(H,18,19,20)(H,21,22,23);;;;/q;2*+1;2*-1. The first-order valence-electron chi connectivity index (χ1n) is 7.44. The molecule has 0 spiro atoms. The van der Waals surface area contributed by atoms with Crippen molar-refractivity contribution in [2.45, 2.75) is 42.4 Å². The number of hydrogen-bond acceptors (Lipinski definition) is 5. The van der Waals surface area contributed by atoms with Crippen LogP contribution in [0.25, 0.3) is 5.69 Å². The third-order valence-electron chi connectivity index (χ3n) is 3.57. The summed E-state index contributed by atoms with van der Waals surface area (Å²) in [4.78, 5) is 10.6. The van der Waals surface area contributed by atoms with Gasteiger partial charge < -0.3 is 2.85 Å². The van der Waals surface area contributed by atoms with Gasteiger partial charge in [0, 0.05) is 11.8 Å². The molecule has 0 saturated carbocycles. The molecule has 0 amide bonds. The Kier molecular flexibility index (Phi) is 10.7. The third-order valence-corrected chi connectivity index (χ3v) is 5.30. The van der Waals surface area contributed by atoms with E-state index in [2.05, 4.69) is 5.10 Å². The van der Waals surface area contributed by atoms with E-state index in [1.807, 2.05) is 6.92 Å². The van der Waals surface area contributed by atoms with E-state index in [1.54, 1.807) is 0 Å². The molecule has 0 aliphatic heterocycles. The summed E-state index contributed by atoms with van der Waals surface area (Å²) in [6.45, 7) is 2.03. The Morgan fingerprint density at radius 3 is 2.19 bits per heavy atom. The Labute approximate surface area is 204 Å². The first kappa shape index (κ1) is 27.0. The molecule has 0 fully saturated rings. The summed E-state index contributed by atoms with van der Waals surface area (Å²) in [6.07, 6.45) is 3.38. The van der Waals surface area contributed by atoms with Gasteiger partial charge in [0.05, 0.1) is 10.6 Å². The van der Waals surface area contributed by atoms with Crippen molar-refractivity contribution in [3.63, 3.8) is 0 Å². The summed E-state index contributed by atoms with van der Waals surface area (Å²) in [5.41, 5.74) is -0.226. The first-order chi connectivity index (χ1) is 11.5. The van der Waals surface area contributed by atoms with E-state index in [9.17, 15) is 26.2 Å². The Morgan fingerprint density at radius 2 is 1.67 bits per heavy atom. The Balaban J connectivity index is -0.00000169. The molecule has 0 radical (unpaired) electrons. The molecule has 1 aromatic carbocycles. The van der Waals surface area contributed by atoms with Crippen molar-refractivity contribution in [1.82, 2.24) is 9.78 Å². The molecule has 13 heteroatoms. The predicted molar refractivity (Wildman–Crippen MR) is 91.5 cm³/mol. The number of unbranched alkanes of at least 4 members (excludes halogenated alkanes) is 2. The zero-order valence-electron chi connectivity index (χ0n) is 17.3. The number of rotatable bonds is 7. The molecule has 0 bridgehead atoms. The zero-order valence-corrected chi connectivity index (χ0v) is 21.0. The van der Waals surface area contributed by atoms with Crippen LogP contribution in [-0.2, 0) is 26.7 Å². The minimum Gasteiger partial charge on any atom is -1.00 e. The maximum Gasteiger partial charge on any atom is 1.00 e. The second-order valence-electron chi connectivity index (χ2n) is 5.49. The van der Waals surface area contributed by atoms with Gasteiger partial charge in [-0.25, -0.2) is 4.68 Å². The zero-order chi connectivity index (χ0) is 18.8. The number of benzene rings is 1. The fraction of sp³-hybridized carbons (Fsp3) is 0.357. The molecule has 3 N–H and O–H groups in total. The van der Waals surface area contributed by atoms with E-state index >= 15 is 0 Å². The van der Waals surface area contributed by atoms with E-state index < -0.39 is 35.6 Å². The number of nitrogens with zero attached hydrogens (tertiary/aromatic N) is 1. The maximum absolute atomic E-state index is 12.1. The normalized spacial score (nSPS) is 11.5. The van der Waals surface area contributed by atoms with Gasteiger partial charge in [-0.1, -0.05) is 19.8 Å². The molecule has 2 rings (SSSR count). The van der Waals surface area contributed by atoms with Crippen molar-refractivity contribution >= 4 is 20.2 Å². The molecule has 1 aromatic heterocycles. The third kappa shape index (κ3) is 7.11. The van der Waals surface area contributed by atoms with Gasteiger partial charge in [0.25, 0.3) is 25.8 Å². The second-order valence-corrected chi connectivity index (χ2v) is 8.30. The number of H-pyrrole nitrogens is 1. The van der Waals surface area contributed by atoms with Crippen molar-refractivity contribution < 1.29 is 87.9 Å². The minimum absolute atomic E-state index is 0. The van der Waals surface area contributed by atoms with Crippen LogP contribution < -0.4 is 64.7 Å². The summed E-state index contributed by atoms with van der Waals surface area (Å²) in [6, 6.07) is 3.84. The van der Waals surface area contributed by atoms with Crippen molar-refractivity contribution in [1.29, 1.82) is 0 Å². The van der Waals surface area contributed by atoms with Crippen LogP contribution in [0.3, 0.4) is 0 Å². The Hall–Kier alpha value is 0.0500. The average molecular weight is 438 g/mol. The fourth-order valence-electron chi connectivity index (χ4n) is 2.36. The molecule has 0 aliphatic rings. The predicted octanol–water partition coefficient (Wildman–Crippen LogP) is -4.38. The number of aromatic nitrogens is 2. The van der Waals surface area contributed by atoms with Crippen molar-refractivity contribution in [3.05, 3.63) is 40.3 Å². The summed E-state index contributed by atoms with van der Waals surface area (Å²) < 4.78 is 64.8. The van der Waals surface area contributed by atoms with Crippen LogP contribution in [0.5, 0.6) is 0 Å². The van der Waals surface area contributed by atoms with Gasteiger partial charge in [0.15, 0.2) is 0 Å². The Morgan fingerprint density at radius 1 is 1.04 bits per heavy atom. The number of nitrogens with one attached hydrogen (secondary N) is 1. The van der Waals surface area contributed by atoms with Crippen LogP contribution in [0, 0.1) is 0 Å². The molecule has 0 aliphatic carbocycles. The summed E-state index contributed by atoms with van der Waals surface area (Å²) in [7, 11) is -9.53. The summed E-state index contributed by atoms with van der Waals surface area (Å²) in [5, 5.41) is 2.74. The fourth-order valence-corrected chi connectivity index (χ4v) is 3.64. The quantitative estimate of drug-likeness (QED) is 0.225. The molecular formula is C14H20N2Na2O7S2. The molecule has 27 heavy (non-hydrogen) atoms. The van der Waals surface area contributed by atoms with Crippen LogP contribution in [-0.4, -0.2) is 35.7 Å². The maximum atomic E-state index is 12.1. The summed E-state index contributed by atoms with van der Waals surface area (Å²) in [5.74, 6) is 0. The van der Waals surface area contributed by atoms with E-state index in [0.29, 0.717) is 18.2 Å². The molecule has 2 aromatic rings. The van der Waals surface area contributed by atoms with Crippen LogP contribution >= 0.6 is 0 Å². The van der Waals surface area contributed by atoms with Crippen molar-refractivity contribution in [2.75, 3.05) is 0 Å². The monoisotopic (exact) mass is 438 g/mol. The van der Waals surface area contributed by atoms with Gasteiger partial charge in [-0.2, -0.15) is 16.8 Å². The van der Waals surface area contributed by atoms with Crippen molar-refractivity contribution in [3.8, 4) is 5.69 Å². The van der Waals surface area contributed by atoms with Crippen LogP contribution in [0.15, 0.2) is 38.9 Å².